The van der Waals surface area contributed by atoms with Gasteiger partial charge in [-0.1, -0.05) is 6.08 Å². The molecule has 102 valence electrons. The number of rotatable bonds is 8. The summed E-state index contributed by atoms with van der Waals surface area (Å²) in [6.45, 7) is 1.69. The first-order valence-electron chi connectivity index (χ1n) is 5.35. The van der Waals surface area contributed by atoms with Crippen LogP contribution in [0.15, 0.2) is 12.2 Å². The summed E-state index contributed by atoms with van der Waals surface area (Å²) in [5, 5.41) is 11.1. The lowest BCUT2D eigenvalue weighted by molar-refractivity contribution is -0.142. The maximum Gasteiger partial charge on any atom is 0.330 e. The quantitative estimate of drug-likeness (QED) is 0.459. The van der Waals surface area contributed by atoms with Gasteiger partial charge in [0.15, 0.2) is 0 Å². The van der Waals surface area contributed by atoms with Gasteiger partial charge in [-0.15, -0.1) is 0 Å². The summed E-state index contributed by atoms with van der Waals surface area (Å²) >= 11 is 0. The summed E-state index contributed by atoms with van der Waals surface area (Å²) in [5.41, 5.74) is 0. The smallest absolute Gasteiger partial charge is 0.330 e. The molecule has 7 heteroatoms. The van der Waals surface area contributed by atoms with Gasteiger partial charge in [-0.3, -0.25) is 4.79 Å². The average molecular weight is 259 g/mol. The Bertz CT molecular complexity index is 325. The van der Waals surface area contributed by atoms with E-state index >= 15 is 0 Å². The SMILES string of the molecule is CCOC(=O)/C=C/C[C@H](NC(=O)COC)C(=O)O. The highest BCUT2D eigenvalue weighted by Crippen LogP contribution is 1.95. The Balaban J connectivity index is 4.24. The predicted octanol–water partition coefficient (Wildman–Crippen LogP) is -0.288. The molecule has 0 aromatic rings. The van der Waals surface area contributed by atoms with Gasteiger partial charge in [-0.2, -0.15) is 0 Å². The van der Waals surface area contributed by atoms with Gasteiger partial charge in [-0.25, -0.2) is 9.59 Å². The van der Waals surface area contributed by atoms with Crippen LogP contribution in [0.4, 0.5) is 0 Å². The maximum absolute atomic E-state index is 11.1. The van der Waals surface area contributed by atoms with Crippen LogP contribution < -0.4 is 5.32 Å². The number of carboxylic acids is 1. The molecule has 0 aliphatic carbocycles. The number of hydrogen-bond donors (Lipinski definition) is 2. The predicted molar refractivity (Wildman–Crippen MR) is 61.8 cm³/mol. The zero-order valence-corrected chi connectivity index (χ0v) is 10.3. The lowest BCUT2D eigenvalue weighted by atomic mass is 10.2. The Morgan fingerprint density at radius 1 is 1.39 bits per heavy atom. The molecule has 18 heavy (non-hydrogen) atoms. The fourth-order valence-electron chi connectivity index (χ4n) is 1.08. The molecule has 0 aromatic carbocycles. The molecule has 1 atom stereocenters. The molecule has 0 rings (SSSR count). The van der Waals surface area contributed by atoms with Crippen molar-refractivity contribution in [3.05, 3.63) is 12.2 Å². The van der Waals surface area contributed by atoms with Gasteiger partial charge in [0, 0.05) is 13.2 Å². The van der Waals surface area contributed by atoms with E-state index < -0.39 is 23.9 Å². The van der Waals surface area contributed by atoms with Gasteiger partial charge >= 0.3 is 11.9 Å². The molecule has 0 bridgehead atoms. The maximum atomic E-state index is 11.1. The molecule has 1 amide bonds. The number of carbonyl (C=O) groups excluding carboxylic acids is 2. The molecular formula is C11H17NO6. The normalized spacial score (nSPS) is 12.1. The molecule has 0 saturated heterocycles. The molecule has 0 fully saturated rings. The molecule has 0 spiro atoms. The molecule has 0 saturated carbocycles. The van der Waals surface area contributed by atoms with Crippen LogP contribution in [0.2, 0.25) is 0 Å². The largest absolute Gasteiger partial charge is 0.480 e. The van der Waals surface area contributed by atoms with Crippen LogP contribution in [-0.4, -0.2) is 49.3 Å². The van der Waals surface area contributed by atoms with E-state index in [4.69, 9.17) is 5.11 Å². The summed E-state index contributed by atoms with van der Waals surface area (Å²) in [5.74, 6) is -2.27. The van der Waals surface area contributed by atoms with Crippen LogP contribution in [0, 0.1) is 0 Å². The summed E-state index contributed by atoms with van der Waals surface area (Å²) in [7, 11) is 1.33. The average Bonchev–Trinajstić information content (AvgIpc) is 2.28. The zero-order chi connectivity index (χ0) is 14.0. The summed E-state index contributed by atoms with van der Waals surface area (Å²) < 4.78 is 9.19. The third kappa shape index (κ3) is 7.39. The van der Waals surface area contributed by atoms with Gasteiger partial charge in [0.2, 0.25) is 5.91 Å². The van der Waals surface area contributed by atoms with E-state index in [1.807, 2.05) is 0 Å². The van der Waals surface area contributed by atoms with Crippen molar-refractivity contribution in [3.63, 3.8) is 0 Å². The monoisotopic (exact) mass is 259 g/mol. The van der Waals surface area contributed by atoms with Crippen molar-refractivity contribution >= 4 is 17.8 Å². The van der Waals surface area contributed by atoms with E-state index in [2.05, 4.69) is 14.8 Å². The van der Waals surface area contributed by atoms with Crippen LogP contribution in [0.3, 0.4) is 0 Å². The second-order valence-corrected chi connectivity index (χ2v) is 3.28. The second-order valence-electron chi connectivity index (χ2n) is 3.28. The highest BCUT2D eigenvalue weighted by Gasteiger charge is 2.18. The molecule has 7 nitrogen and oxygen atoms in total. The summed E-state index contributed by atoms with van der Waals surface area (Å²) in [6.07, 6.45) is 2.45. The molecular weight excluding hydrogens is 242 g/mol. The highest BCUT2D eigenvalue weighted by atomic mass is 16.5. The first-order chi connectivity index (χ1) is 8.51. The van der Waals surface area contributed by atoms with Crippen LogP contribution in [0.25, 0.3) is 0 Å². The molecule has 0 heterocycles. The Hall–Kier alpha value is -1.89. The minimum absolute atomic E-state index is 0.0103. The van der Waals surface area contributed by atoms with Crippen molar-refractivity contribution in [2.75, 3.05) is 20.3 Å². The molecule has 0 radical (unpaired) electrons. The molecule has 0 unspecified atom stereocenters. The number of carboxylic acid groups (broad SMARTS) is 1. The van der Waals surface area contributed by atoms with Gasteiger partial charge in [0.1, 0.15) is 12.6 Å². The van der Waals surface area contributed by atoms with Crippen molar-refractivity contribution in [1.82, 2.24) is 5.32 Å². The summed E-state index contributed by atoms with van der Waals surface area (Å²) in [6, 6.07) is -1.10. The van der Waals surface area contributed by atoms with Crippen molar-refractivity contribution in [2.45, 2.75) is 19.4 Å². The summed E-state index contributed by atoms with van der Waals surface area (Å²) in [4.78, 5) is 32.9. The number of nitrogens with one attached hydrogen (secondary N) is 1. The van der Waals surface area contributed by atoms with E-state index in [1.165, 1.54) is 13.2 Å². The standard InChI is InChI=1S/C11H17NO6/c1-3-18-10(14)6-4-5-8(11(15)16)12-9(13)7-17-2/h4,6,8H,3,5,7H2,1-2H3,(H,12,13)(H,15,16)/b6-4+/t8-/m0/s1. The number of carbonyl (C=O) groups is 3. The number of esters is 1. The first kappa shape index (κ1) is 16.1. The van der Waals surface area contributed by atoms with E-state index in [1.54, 1.807) is 6.92 Å². The number of amides is 1. The van der Waals surface area contributed by atoms with E-state index in [0.717, 1.165) is 6.08 Å². The lowest BCUT2D eigenvalue weighted by Crippen LogP contribution is -2.42. The Labute approximate surface area is 105 Å². The third-order valence-corrected chi connectivity index (χ3v) is 1.82. The topological polar surface area (TPSA) is 102 Å². The minimum atomic E-state index is -1.19. The van der Waals surface area contributed by atoms with Crippen LogP contribution in [0.5, 0.6) is 0 Å². The number of aliphatic carboxylic acids is 1. The van der Waals surface area contributed by atoms with E-state index in [-0.39, 0.29) is 19.6 Å². The van der Waals surface area contributed by atoms with Crippen molar-refractivity contribution in [2.24, 2.45) is 0 Å². The molecule has 2 N–H and O–H groups in total. The fourth-order valence-corrected chi connectivity index (χ4v) is 1.08. The van der Waals surface area contributed by atoms with E-state index in [9.17, 15) is 14.4 Å². The molecule has 0 aliphatic heterocycles. The van der Waals surface area contributed by atoms with E-state index in [0.29, 0.717) is 0 Å². The Morgan fingerprint density at radius 2 is 2.06 bits per heavy atom. The van der Waals surface area contributed by atoms with Crippen LogP contribution >= 0.6 is 0 Å². The molecule has 0 aromatic heterocycles. The zero-order valence-electron chi connectivity index (χ0n) is 10.3. The van der Waals surface area contributed by atoms with Crippen LogP contribution in [0.1, 0.15) is 13.3 Å². The van der Waals surface area contributed by atoms with Crippen molar-refractivity contribution in [1.29, 1.82) is 0 Å². The molecule has 0 aliphatic rings. The van der Waals surface area contributed by atoms with Gasteiger partial charge in [0.05, 0.1) is 6.61 Å². The minimum Gasteiger partial charge on any atom is -0.480 e. The van der Waals surface area contributed by atoms with Gasteiger partial charge < -0.3 is 19.9 Å². The fraction of sp³-hybridized carbons (Fsp3) is 0.545. The van der Waals surface area contributed by atoms with Crippen LogP contribution in [-0.2, 0) is 23.9 Å². The highest BCUT2D eigenvalue weighted by molar-refractivity contribution is 5.85. The van der Waals surface area contributed by atoms with Crippen molar-refractivity contribution < 1.29 is 29.0 Å². The van der Waals surface area contributed by atoms with Gasteiger partial charge in [-0.05, 0) is 13.3 Å². The van der Waals surface area contributed by atoms with Gasteiger partial charge in [0.25, 0.3) is 0 Å². The Morgan fingerprint density at radius 3 is 2.56 bits per heavy atom. The number of ether oxygens (including phenoxy) is 2. The first-order valence-corrected chi connectivity index (χ1v) is 5.35. The third-order valence-electron chi connectivity index (χ3n) is 1.82. The lowest BCUT2D eigenvalue weighted by Gasteiger charge is -2.11. The number of hydrogen-bond acceptors (Lipinski definition) is 5. The van der Waals surface area contributed by atoms with Crippen molar-refractivity contribution in [3.8, 4) is 0 Å². The number of methoxy groups -OCH3 is 1. The Kier molecular flexibility index (Phi) is 8.21. The second kappa shape index (κ2) is 9.17.